The van der Waals surface area contributed by atoms with Crippen LogP contribution >= 0.6 is 22.7 Å². The summed E-state index contributed by atoms with van der Waals surface area (Å²) in [6.45, 7) is 0. The molecular weight excluding hydrogens is 910 g/mol. The molecule has 6 heteroatoms. The first-order valence-electron chi connectivity index (χ1n) is 16.9. The molecule has 0 saturated carbocycles. The monoisotopic (exact) mass is 934 g/mol. The molecule has 4 heterocycles. The molecule has 0 spiro atoms. The second-order valence-corrected chi connectivity index (χ2v) is 15.4. The second kappa shape index (κ2) is 13.4. The topological polar surface area (TPSA) is 28.2 Å². The Hall–Kier alpha value is -1.84. The van der Waals surface area contributed by atoms with Gasteiger partial charge in [0.25, 0.3) is 0 Å². The van der Waals surface area contributed by atoms with E-state index < -0.39 is 0 Å². The molecule has 0 bridgehead atoms. The van der Waals surface area contributed by atoms with Crippen molar-refractivity contribution in [3.8, 4) is 0 Å². The van der Waals surface area contributed by atoms with E-state index in [4.69, 9.17) is 9.97 Å². The Morgan fingerprint density at radius 3 is 1.13 bits per heavy atom. The normalized spacial score (nSPS) is 12.2. The summed E-state index contributed by atoms with van der Waals surface area (Å²) in [5.74, 6) is 0. The maximum atomic E-state index is 5.20. The minimum Gasteiger partial charge on any atom is -0.656 e. The van der Waals surface area contributed by atoms with Gasteiger partial charge in [-0.25, -0.2) is 0 Å². The van der Waals surface area contributed by atoms with Crippen LogP contribution in [0.3, 0.4) is 0 Å². The van der Waals surface area contributed by atoms with Crippen LogP contribution < -0.4 is 148 Å². The van der Waals surface area contributed by atoms with E-state index in [0.29, 0.717) is 0 Å². The summed E-state index contributed by atoms with van der Waals surface area (Å²) in [6.07, 6.45) is 4.38. The molecule has 232 valence electrons. The van der Waals surface area contributed by atoms with E-state index in [1.165, 1.54) is 83.4 Å². The minimum absolute atomic E-state index is 0. The van der Waals surface area contributed by atoms with Crippen molar-refractivity contribution in [2.45, 2.75) is 0 Å². The Morgan fingerprint density at radius 2 is 0.692 bits per heavy atom. The molecule has 52 heavy (non-hydrogen) atoms. The molecule has 0 atom stereocenters. The summed E-state index contributed by atoms with van der Waals surface area (Å²) < 4.78 is 5.34. The van der Waals surface area contributed by atoms with Crippen molar-refractivity contribution < 1.29 is 138 Å². The summed E-state index contributed by atoms with van der Waals surface area (Å²) in [6, 6.07) is 48.8. The quantitative estimate of drug-likeness (QED) is 0.169. The summed E-state index contributed by atoms with van der Waals surface area (Å²) in [5, 5.41) is 15.1. The minimum atomic E-state index is 0. The van der Waals surface area contributed by atoms with Gasteiger partial charge in [-0.2, -0.15) is 0 Å². The zero-order valence-electron chi connectivity index (χ0n) is 28.6. The van der Waals surface area contributed by atoms with Crippen molar-refractivity contribution in [1.29, 1.82) is 0 Å². The van der Waals surface area contributed by atoms with Crippen LogP contribution in [-0.2, 0) is 0 Å². The average Bonchev–Trinajstić information content (AvgIpc) is 3.93. The Balaban J connectivity index is 0.00000169. The summed E-state index contributed by atoms with van der Waals surface area (Å²) in [7, 11) is 0. The number of nitrogens with zero attached hydrogens (tertiary/aromatic N) is 2. The molecule has 12 aromatic rings. The number of hydrogen-bond acceptors (Lipinski definition) is 2. The largest absolute Gasteiger partial charge is 1.00 e. The van der Waals surface area contributed by atoms with Crippen molar-refractivity contribution in [2.75, 3.05) is 0 Å². The smallest absolute Gasteiger partial charge is 0.656 e. The van der Waals surface area contributed by atoms with Gasteiger partial charge < -0.3 is 9.97 Å². The van der Waals surface area contributed by atoms with Gasteiger partial charge in [-0.05, 0) is 66.3 Å². The van der Waals surface area contributed by atoms with E-state index >= 15 is 0 Å². The van der Waals surface area contributed by atoms with Crippen molar-refractivity contribution in [3.63, 3.8) is 0 Å². The van der Waals surface area contributed by atoms with E-state index in [-0.39, 0.29) is 138 Å². The van der Waals surface area contributed by atoms with Crippen LogP contribution in [0.15, 0.2) is 133 Å². The van der Waals surface area contributed by atoms with Crippen molar-refractivity contribution in [1.82, 2.24) is 9.97 Å². The molecule has 0 aliphatic rings. The van der Waals surface area contributed by atoms with Gasteiger partial charge in [0.05, 0.1) is 0 Å². The van der Waals surface area contributed by atoms with Gasteiger partial charge in [-0.1, -0.05) is 133 Å². The molecule has 4 aromatic heterocycles. The van der Waals surface area contributed by atoms with Crippen molar-refractivity contribution >= 4 is 140 Å². The van der Waals surface area contributed by atoms with Gasteiger partial charge >= 0.3 is 138 Å². The van der Waals surface area contributed by atoms with Crippen LogP contribution in [0.1, 0.15) is 11.1 Å². The fraction of sp³-hybridized carbons (Fsp3) is 0. The number of rotatable bonds is 2. The van der Waals surface area contributed by atoms with Gasteiger partial charge in [-0.3, -0.25) is 0 Å². The van der Waals surface area contributed by atoms with Crippen LogP contribution in [0.5, 0.6) is 0 Å². The molecular formula is C46H24Cs2N2S2. The zero-order valence-corrected chi connectivity index (χ0v) is 42.8. The van der Waals surface area contributed by atoms with E-state index in [1.54, 1.807) is 0 Å². The van der Waals surface area contributed by atoms with Crippen molar-refractivity contribution in [3.05, 3.63) is 145 Å². The molecule has 0 saturated heterocycles. The average molecular weight is 935 g/mol. The first-order chi connectivity index (χ1) is 24.7. The Bertz CT molecular complexity index is 3220. The number of thiophene rings is 2. The SMILES string of the molecule is C(=C\c1ccc2c(c1)[n-]c1c2ccc2c1ccc1c3ccccc3sc12)/c1ccc2c(c1)[n-]c1c2ccc2c1ccc1c3ccccc3sc12.[Cs+].[Cs+]. The summed E-state index contributed by atoms with van der Waals surface area (Å²) >= 11 is 3.75. The van der Waals surface area contributed by atoms with Gasteiger partial charge in [0.1, 0.15) is 0 Å². The molecule has 8 aromatic carbocycles. The maximum absolute atomic E-state index is 5.20. The predicted octanol–water partition coefficient (Wildman–Crippen LogP) is 7.43. The van der Waals surface area contributed by atoms with Crippen LogP contribution in [0, 0.1) is 0 Å². The van der Waals surface area contributed by atoms with E-state index in [2.05, 4.69) is 146 Å². The third-order valence-electron chi connectivity index (χ3n) is 10.6. The molecule has 0 radical (unpaired) electrons. The standard InChI is InChI=1S/C46H24N2S2.2Cs/c1-3-7-41-29(5-1)35-19-17-33-37(45(35)49-41)21-15-31-27-13-11-25(23-39(27)47-43(31)33)9-10-26-12-14-28-32-16-22-38-34(44(32)48-40(28)24-26)18-20-36-30-6-2-4-8-42(30)50-46(36)38;;/h1-24H;;/q-2;2*+1/b10-9+;;. The van der Waals surface area contributed by atoms with E-state index in [9.17, 15) is 0 Å². The Labute approximate surface area is 424 Å². The fourth-order valence-corrected chi connectivity index (χ4v) is 10.7. The number of benzene rings is 8. The van der Waals surface area contributed by atoms with E-state index in [1.807, 2.05) is 22.7 Å². The van der Waals surface area contributed by atoms with Crippen LogP contribution in [0.2, 0.25) is 0 Å². The molecule has 12 rings (SSSR count). The third kappa shape index (κ3) is 5.23. The Kier molecular flexibility index (Phi) is 8.94. The number of aromatic nitrogens is 2. The molecule has 0 N–H and O–H groups in total. The number of fused-ring (bicyclic) bond motifs is 18. The summed E-state index contributed by atoms with van der Waals surface area (Å²) in [5.41, 5.74) is 6.50. The van der Waals surface area contributed by atoms with Crippen LogP contribution in [-0.4, -0.2) is 0 Å². The molecule has 0 amide bonds. The van der Waals surface area contributed by atoms with E-state index in [0.717, 1.165) is 33.2 Å². The van der Waals surface area contributed by atoms with Gasteiger partial charge in [0, 0.05) is 40.3 Å². The maximum Gasteiger partial charge on any atom is 1.00 e. The first kappa shape index (κ1) is 34.6. The molecule has 0 aliphatic heterocycles. The van der Waals surface area contributed by atoms with Crippen molar-refractivity contribution in [2.24, 2.45) is 0 Å². The molecule has 2 nitrogen and oxygen atoms in total. The molecule has 0 unspecified atom stereocenters. The Morgan fingerprint density at radius 1 is 0.346 bits per heavy atom. The third-order valence-corrected chi connectivity index (χ3v) is 13.0. The first-order valence-corrected chi connectivity index (χ1v) is 18.5. The van der Waals surface area contributed by atoms with Gasteiger partial charge in [-0.15, -0.1) is 44.7 Å². The summed E-state index contributed by atoms with van der Waals surface area (Å²) in [4.78, 5) is 10.4. The van der Waals surface area contributed by atoms with Crippen LogP contribution in [0.25, 0.3) is 118 Å². The molecule has 0 aliphatic carbocycles. The number of hydrogen-bond donors (Lipinski definition) is 0. The molecule has 0 fully saturated rings. The van der Waals surface area contributed by atoms with Crippen LogP contribution in [0.4, 0.5) is 0 Å². The van der Waals surface area contributed by atoms with Gasteiger partial charge in [0.2, 0.25) is 0 Å². The zero-order chi connectivity index (χ0) is 32.5. The second-order valence-electron chi connectivity index (χ2n) is 13.3. The predicted molar refractivity (Wildman–Crippen MR) is 219 cm³/mol. The van der Waals surface area contributed by atoms with Gasteiger partial charge in [0.15, 0.2) is 0 Å². The fourth-order valence-electron chi connectivity index (χ4n) is 8.20.